The summed E-state index contributed by atoms with van der Waals surface area (Å²) in [6.45, 7) is 6.33. The second kappa shape index (κ2) is 12.4. The molecule has 1 atom stereocenters. The second-order valence-corrected chi connectivity index (χ2v) is 7.86. The third-order valence-electron chi connectivity index (χ3n) is 5.12. The molecule has 0 amide bonds. The maximum absolute atomic E-state index is 12.0. The first-order chi connectivity index (χ1) is 15.6. The van der Waals surface area contributed by atoms with Crippen LogP contribution >= 0.6 is 12.0 Å². The Morgan fingerprint density at radius 3 is 2.62 bits per heavy atom. The largest absolute Gasteiger partial charge is 0.464 e. The van der Waals surface area contributed by atoms with E-state index in [9.17, 15) is 4.79 Å². The van der Waals surface area contributed by atoms with E-state index < -0.39 is 6.10 Å². The third kappa shape index (κ3) is 6.68. The van der Waals surface area contributed by atoms with Crippen LogP contribution in [0.5, 0.6) is 5.75 Å². The molecule has 1 unspecified atom stereocenters. The average Bonchev–Trinajstić information content (AvgIpc) is 3.20. The Kier molecular flexibility index (Phi) is 9.31. The first-order valence-corrected chi connectivity index (χ1v) is 12.2. The van der Waals surface area contributed by atoms with E-state index in [-0.39, 0.29) is 5.97 Å². The summed E-state index contributed by atoms with van der Waals surface area (Å²) in [5, 5.41) is 4.66. The van der Waals surface area contributed by atoms with Crippen LogP contribution in [0.2, 0.25) is 0 Å². The van der Waals surface area contributed by atoms with Crippen LogP contribution in [0.3, 0.4) is 0 Å². The van der Waals surface area contributed by atoms with E-state index in [1.54, 1.807) is 6.92 Å². The Bertz CT molecular complexity index is 987. The monoisotopic (exact) mass is 456 g/mol. The third-order valence-corrected chi connectivity index (χ3v) is 5.48. The van der Waals surface area contributed by atoms with Gasteiger partial charge >= 0.3 is 5.97 Å². The highest BCUT2D eigenvalue weighted by Crippen LogP contribution is 2.24. The lowest BCUT2D eigenvalue weighted by molar-refractivity contribution is -0.156. The minimum atomic E-state index is -0.557. The Morgan fingerprint density at radius 1 is 1.09 bits per heavy atom. The van der Waals surface area contributed by atoms with E-state index in [0.29, 0.717) is 19.6 Å². The highest BCUT2D eigenvalue weighted by Gasteiger charge is 2.20. The van der Waals surface area contributed by atoms with Crippen molar-refractivity contribution in [2.75, 3.05) is 31.3 Å². The fourth-order valence-corrected chi connectivity index (χ4v) is 3.92. The van der Waals surface area contributed by atoms with Crippen LogP contribution in [0.4, 0.5) is 5.69 Å². The molecule has 0 bridgehead atoms. The predicted molar refractivity (Wildman–Crippen MR) is 131 cm³/mol. The van der Waals surface area contributed by atoms with Gasteiger partial charge in [-0.25, -0.2) is 4.79 Å². The van der Waals surface area contributed by atoms with Gasteiger partial charge in [0.2, 0.25) is 0 Å². The van der Waals surface area contributed by atoms with Crippen molar-refractivity contribution in [3.63, 3.8) is 0 Å². The van der Waals surface area contributed by atoms with Gasteiger partial charge in [0.1, 0.15) is 5.75 Å². The lowest BCUT2D eigenvalue weighted by Crippen LogP contribution is -2.28. The zero-order chi connectivity index (χ0) is 22.8. The molecule has 0 spiro atoms. The van der Waals surface area contributed by atoms with E-state index >= 15 is 0 Å². The first kappa shape index (κ1) is 24.0. The highest BCUT2D eigenvalue weighted by atomic mass is 32.2. The summed E-state index contributed by atoms with van der Waals surface area (Å²) >= 11 is 1.35. The van der Waals surface area contributed by atoms with Gasteiger partial charge in [-0.2, -0.15) is 0 Å². The SMILES string of the molecule is CCOC(=O)C(Cc1ccc(NCCCn2ccc3cc(OSC)ccc32)cc1)OCC. The van der Waals surface area contributed by atoms with Crippen molar-refractivity contribution in [2.45, 2.75) is 39.3 Å². The molecule has 0 saturated heterocycles. The molecule has 1 N–H and O–H groups in total. The van der Waals surface area contributed by atoms with Crippen molar-refractivity contribution in [3.05, 3.63) is 60.3 Å². The van der Waals surface area contributed by atoms with Crippen LogP contribution in [0.1, 0.15) is 25.8 Å². The van der Waals surface area contributed by atoms with Crippen molar-refractivity contribution in [1.29, 1.82) is 0 Å². The molecule has 0 aliphatic rings. The zero-order valence-electron chi connectivity index (χ0n) is 19.0. The number of hydrogen-bond acceptors (Lipinski definition) is 6. The van der Waals surface area contributed by atoms with Gasteiger partial charge in [0.15, 0.2) is 6.10 Å². The van der Waals surface area contributed by atoms with Gasteiger partial charge in [-0.3, -0.25) is 0 Å². The van der Waals surface area contributed by atoms with Crippen LogP contribution < -0.4 is 9.50 Å². The molecule has 7 heteroatoms. The lowest BCUT2D eigenvalue weighted by atomic mass is 10.1. The molecule has 3 rings (SSSR count). The van der Waals surface area contributed by atoms with E-state index in [1.807, 2.05) is 43.5 Å². The fourth-order valence-electron chi connectivity index (χ4n) is 3.62. The van der Waals surface area contributed by atoms with Crippen LogP contribution in [0, 0.1) is 0 Å². The topological polar surface area (TPSA) is 61.7 Å². The van der Waals surface area contributed by atoms with Crippen molar-refractivity contribution in [3.8, 4) is 5.75 Å². The van der Waals surface area contributed by atoms with Gasteiger partial charge in [0, 0.05) is 55.2 Å². The molecule has 6 nitrogen and oxygen atoms in total. The maximum Gasteiger partial charge on any atom is 0.335 e. The van der Waals surface area contributed by atoms with Crippen LogP contribution in [0.25, 0.3) is 10.9 Å². The van der Waals surface area contributed by atoms with Crippen molar-refractivity contribution < 1.29 is 18.5 Å². The quantitative estimate of drug-likeness (QED) is 0.214. The Labute approximate surface area is 194 Å². The number of carbonyl (C=O) groups is 1. The first-order valence-electron chi connectivity index (χ1n) is 11.0. The number of nitrogens with zero attached hydrogens (tertiary/aromatic N) is 1. The molecule has 0 aliphatic heterocycles. The number of rotatable bonds is 13. The molecular formula is C25H32N2O4S. The number of hydrogen-bond donors (Lipinski definition) is 1. The maximum atomic E-state index is 12.0. The van der Waals surface area contributed by atoms with E-state index in [1.165, 1.54) is 22.9 Å². The Hall–Kier alpha value is -2.64. The van der Waals surface area contributed by atoms with Gasteiger partial charge < -0.3 is 23.5 Å². The van der Waals surface area contributed by atoms with Crippen molar-refractivity contribution >= 4 is 34.6 Å². The van der Waals surface area contributed by atoms with Crippen LogP contribution in [-0.4, -0.2) is 42.7 Å². The van der Waals surface area contributed by atoms with Gasteiger partial charge in [-0.1, -0.05) is 12.1 Å². The summed E-state index contributed by atoms with van der Waals surface area (Å²) in [5.74, 6) is 0.574. The molecule has 3 aromatic rings. The Morgan fingerprint density at radius 2 is 1.91 bits per heavy atom. The number of aryl methyl sites for hydroxylation is 1. The smallest absolute Gasteiger partial charge is 0.335 e. The molecule has 32 heavy (non-hydrogen) atoms. The average molecular weight is 457 g/mol. The zero-order valence-corrected chi connectivity index (χ0v) is 19.8. The number of benzene rings is 2. The number of fused-ring (bicyclic) bond motifs is 1. The Balaban J connectivity index is 1.47. The minimum Gasteiger partial charge on any atom is -0.464 e. The number of carbonyl (C=O) groups excluding carboxylic acids is 1. The summed E-state index contributed by atoms with van der Waals surface area (Å²) < 4.78 is 18.4. The second-order valence-electron chi connectivity index (χ2n) is 7.36. The number of nitrogens with one attached hydrogen (secondary N) is 1. The standard InChI is InChI=1S/C25H32N2O4S/c1-4-29-24(25(28)30-5-2)17-19-7-9-21(10-8-19)26-14-6-15-27-16-13-20-18-22(31-32-3)11-12-23(20)27/h7-13,16,18,24,26H,4-6,14-15,17H2,1-3H3. The number of ether oxygens (including phenoxy) is 2. The van der Waals surface area contributed by atoms with Crippen molar-refractivity contribution in [1.82, 2.24) is 4.57 Å². The van der Waals surface area contributed by atoms with E-state index in [0.717, 1.165) is 36.5 Å². The van der Waals surface area contributed by atoms with Gasteiger partial charge in [-0.05, 0) is 62.2 Å². The molecule has 1 heterocycles. The lowest BCUT2D eigenvalue weighted by Gasteiger charge is -2.16. The molecule has 0 fully saturated rings. The summed E-state index contributed by atoms with van der Waals surface area (Å²) in [5.41, 5.74) is 3.33. The minimum absolute atomic E-state index is 0.304. The number of esters is 1. The van der Waals surface area contributed by atoms with Crippen LogP contribution in [-0.2, 0) is 27.2 Å². The molecule has 172 valence electrons. The molecular weight excluding hydrogens is 424 g/mol. The molecule has 0 radical (unpaired) electrons. The number of anilines is 1. The van der Waals surface area contributed by atoms with Crippen LogP contribution in [0.15, 0.2) is 54.7 Å². The molecule has 0 saturated carbocycles. The fraction of sp³-hybridized carbons (Fsp3) is 0.400. The van der Waals surface area contributed by atoms with Crippen molar-refractivity contribution in [2.24, 2.45) is 0 Å². The van der Waals surface area contributed by atoms with Gasteiger partial charge in [0.25, 0.3) is 0 Å². The predicted octanol–water partition coefficient (Wildman–Crippen LogP) is 5.31. The molecule has 2 aromatic carbocycles. The highest BCUT2D eigenvalue weighted by molar-refractivity contribution is 7.94. The van der Waals surface area contributed by atoms with Gasteiger partial charge in [-0.15, -0.1) is 0 Å². The summed E-state index contributed by atoms with van der Waals surface area (Å²) in [6.07, 6.45) is 5.00. The summed E-state index contributed by atoms with van der Waals surface area (Å²) in [4.78, 5) is 12.0. The molecule has 0 aliphatic carbocycles. The number of aromatic nitrogens is 1. The van der Waals surface area contributed by atoms with E-state index in [4.69, 9.17) is 13.7 Å². The summed E-state index contributed by atoms with van der Waals surface area (Å²) in [7, 11) is 0. The molecule has 1 aromatic heterocycles. The summed E-state index contributed by atoms with van der Waals surface area (Å²) in [6, 6.07) is 16.5. The normalized spacial score (nSPS) is 12.0. The van der Waals surface area contributed by atoms with Gasteiger partial charge in [0.05, 0.1) is 18.6 Å². The van der Waals surface area contributed by atoms with E-state index in [2.05, 4.69) is 34.3 Å².